The summed E-state index contributed by atoms with van der Waals surface area (Å²) in [4.78, 5) is 32.6. The molecular weight excluding hydrogens is 374 g/mol. The van der Waals surface area contributed by atoms with Crippen LogP contribution in [0.1, 0.15) is 43.3 Å². The Morgan fingerprint density at radius 3 is 2.85 bits per heavy atom. The largest absolute Gasteiger partial charge is 0.441 e. The Kier molecular flexibility index (Phi) is 5.90. The first kappa shape index (κ1) is 19.9. The summed E-state index contributed by atoms with van der Waals surface area (Å²) >= 11 is 0. The van der Waals surface area contributed by atoms with Crippen LogP contribution in [0, 0.1) is 6.92 Å². The number of nitrogens with zero attached hydrogens (tertiary/aromatic N) is 4. The fourth-order valence-corrected chi connectivity index (χ4v) is 4.12. The van der Waals surface area contributed by atoms with Gasteiger partial charge in [0.05, 0.1) is 6.54 Å². The van der Waals surface area contributed by atoms with Crippen LogP contribution in [0.2, 0.25) is 0 Å². The van der Waals surface area contributed by atoms with Crippen molar-refractivity contribution in [2.75, 3.05) is 39.3 Å². The first-order valence-electron chi connectivity index (χ1n) is 9.31. The average molecular weight is 400 g/mol. The van der Waals surface area contributed by atoms with Crippen molar-refractivity contribution in [3.05, 3.63) is 11.7 Å². The number of aromatic nitrogens is 2. The maximum atomic E-state index is 12.8. The summed E-state index contributed by atoms with van der Waals surface area (Å²) in [6.45, 7) is 5.28. The number of piperidine rings is 2. The Morgan fingerprint density at radius 1 is 1.37 bits per heavy atom. The number of nitrogens with one attached hydrogen (secondary N) is 1. The number of carbonyl (C=O) groups is 2. The fraction of sp³-hybridized carbons (Fsp3) is 0.765. The highest BCUT2D eigenvalue weighted by Gasteiger charge is 2.46. The molecule has 1 aromatic rings. The molecule has 3 aliphatic rings. The van der Waals surface area contributed by atoms with Crippen LogP contribution in [0.3, 0.4) is 0 Å². The van der Waals surface area contributed by atoms with Gasteiger partial charge < -0.3 is 19.5 Å². The molecule has 0 aromatic carbocycles. The Bertz CT molecular complexity index is 691. The normalized spacial score (nSPS) is 24.6. The van der Waals surface area contributed by atoms with Crippen molar-refractivity contribution in [1.82, 2.24) is 25.3 Å². The molecule has 4 rings (SSSR count). The van der Waals surface area contributed by atoms with Crippen LogP contribution in [-0.4, -0.2) is 76.8 Å². The van der Waals surface area contributed by atoms with Crippen LogP contribution in [0.25, 0.3) is 0 Å². The van der Waals surface area contributed by atoms with Gasteiger partial charge in [-0.1, -0.05) is 5.16 Å². The minimum atomic E-state index is -0.421. The van der Waals surface area contributed by atoms with E-state index >= 15 is 0 Å². The predicted octanol–water partition coefficient (Wildman–Crippen LogP) is 1.08. The molecule has 3 aliphatic heterocycles. The molecule has 1 atom stereocenters. The van der Waals surface area contributed by atoms with E-state index in [1.807, 2.05) is 0 Å². The monoisotopic (exact) mass is 399 g/mol. The predicted molar refractivity (Wildman–Crippen MR) is 97.7 cm³/mol. The molecule has 9 nitrogen and oxygen atoms in total. The van der Waals surface area contributed by atoms with Crippen molar-refractivity contribution in [3.63, 3.8) is 0 Å². The van der Waals surface area contributed by atoms with Crippen molar-refractivity contribution in [2.24, 2.45) is 0 Å². The topological polar surface area (TPSA) is 101 Å². The lowest BCUT2D eigenvalue weighted by molar-refractivity contribution is -0.133. The molecule has 3 fully saturated rings. The molecule has 0 radical (unpaired) electrons. The second-order valence-electron chi connectivity index (χ2n) is 7.51. The van der Waals surface area contributed by atoms with Crippen molar-refractivity contribution in [1.29, 1.82) is 0 Å². The maximum Gasteiger partial charge on any atom is 0.410 e. The lowest BCUT2D eigenvalue weighted by Crippen LogP contribution is -2.47. The van der Waals surface area contributed by atoms with Gasteiger partial charge in [-0.15, -0.1) is 12.4 Å². The number of halogens is 1. The number of carbonyl (C=O) groups excluding carboxylic acids is 2. The van der Waals surface area contributed by atoms with E-state index in [4.69, 9.17) is 9.26 Å². The molecule has 150 valence electrons. The third kappa shape index (κ3) is 4.19. The standard InChI is InChI=1S/C17H25N5O4.ClH/c1-12-19-15(20-26-12)13-3-2-8-21(9-13)14(23)10-22-11-17(25-16(22)24)4-6-18-7-5-17;/h13,18H,2-11H2,1H3;1H. The first-order valence-corrected chi connectivity index (χ1v) is 9.31. The van der Waals surface area contributed by atoms with E-state index in [0.29, 0.717) is 31.3 Å². The molecule has 4 heterocycles. The second-order valence-corrected chi connectivity index (χ2v) is 7.51. The highest BCUT2D eigenvalue weighted by Crippen LogP contribution is 2.31. The van der Waals surface area contributed by atoms with E-state index in [1.54, 1.807) is 16.7 Å². The summed E-state index contributed by atoms with van der Waals surface area (Å²) in [5.74, 6) is 1.24. The van der Waals surface area contributed by atoms with Crippen LogP contribution in [0.4, 0.5) is 4.79 Å². The number of rotatable bonds is 3. The zero-order valence-corrected chi connectivity index (χ0v) is 16.3. The Balaban J connectivity index is 0.00000210. The third-order valence-electron chi connectivity index (χ3n) is 5.56. The minimum absolute atomic E-state index is 0. The minimum Gasteiger partial charge on any atom is -0.441 e. The van der Waals surface area contributed by atoms with E-state index in [2.05, 4.69) is 15.5 Å². The summed E-state index contributed by atoms with van der Waals surface area (Å²) in [5, 5.41) is 7.27. The zero-order valence-electron chi connectivity index (χ0n) is 15.5. The summed E-state index contributed by atoms with van der Waals surface area (Å²) in [6.07, 6.45) is 3.05. The van der Waals surface area contributed by atoms with E-state index < -0.39 is 5.60 Å². The Labute approximate surface area is 164 Å². The van der Waals surface area contributed by atoms with Gasteiger partial charge in [0.1, 0.15) is 12.1 Å². The fourth-order valence-electron chi connectivity index (χ4n) is 4.12. The summed E-state index contributed by atoms with van der Waals surface area (Å²) in [5.41, 5.74) is -0.421. The van der Waals surface area contributed by atoms with Gasteiger partial charge in [0.15, 0.2) is 5.82 Å². The van der Waals surface area contributed by atoms with Crippen LogP contribution in [-0.2, 0) is 9.53 Å². The molecule has 1 aromatic heterocycles. The van der Waals surface area contributed by atoms with Gasteiger partial charge in [-0.3, -0.25) is 9.69 Å². The average Bonchev–Trinajstić information content (AvgIpc) is 3.19. The Hall–Kier alpha value is -1.87. The molecule has 2 amide bonds. The summed E-state index contributed by atoms with van der Waals surface area (Å²) in [6, 6.07) is 0. The van der Waals surface area contributed by atoms with Gasteiger partial charge in [0.2, 0.25) is 11.8 Å². The van der Waals surface area contributed by atoms with Crippen molar-refractivity contribution in [2.45, 2.75) is 44.1 Å². The van der Waals surface area contributed by atoms with E-state index in [9.17, 15) is 9.59 Å². The van der Waals surface area contributed by atoms with Crippen LogP contribution < -0.4 is 5.32 Å². The zero-order chi connectivity index (χ0) is 18.1. The molecule has 3 saturated heterocycles. The molecule has 1 spiro atoms. The van der Waals surface area contributed by atoms with Gasteiger partial charge in [-0.25, -0.2) is 4.79 Å². The number of hydrogen-bond acceptors (Lipinski definition) is 7. The molecule has 1 N–H and O–H groups in total. The van der Waals surface area contributed by atoms with Gasteiger partial charge in [0, 0.05) is 38.8 Å². The Morgan fingerprint density at radius 2 is 2.15 bits per heavy atom. The van der Waals surface area contributed by atoms with Crippen molar-refractivity contribution >= 4 is 24.4 Å². The van der Waals surface area contributed by atoms with Crippen molar-refractivity contribution < 1.29 is 18.8 Å². The van der Waals surface area contributed by atoms with E-state index in [1.165, 1.54) is 0 Å². The number of ether oxygens (including phenoxy) is 1. The molecule has 10 heteroatoms. The molecule has 1 unspecified atom stereocenters. The molecule has 27 heavy (non-hydrogen) atoms. The highest BCUT2D eigenvalue weighted by atomic mass is 35.5. The van der Waals surface area contributed by atoms with Gasteiger partial charge >= 0.3 is 6.09 Å². The number of amides is 2. The molecular formula is C17H26ClN5O4. The highest BCUT2D eigenvalue weighted by molar-refractivity contribution is 5.85. The van der Waals surface area contributed by atoms with E-state index in [-0.39, 0.29) is 36.9 Å². The number of aryl methyl sites for hydroxylation is 1. The first-order chi connectivity index (χ1) is 12.5. The van der Waals surface area contributed by atoms with Gasteiger partial charge in [0.25, 0.3) is 0 Å². The van der Waals surface area contributed by atoms with Crippen LogP contribution in [0.5, 0.6) is 0 Å². The quantitative estimate of drug-likeness (QED) is 0.811. The number of likely N-dealkylation sites (tertiary alicyclic amines) is 1. The third-order valence-corrected chi connectivity index (χ3v) is 5.56. The molecule has 0 saturated carbocycles. The number of hydrogen-bond donors (Lipinski definition) is 1. The van der Waals surface area contributed by atoms with E-state index in [0.717, 1.165) is 38.8 Å². The van der Waals surface area contributed by atoms with Crippen LogP contribution >= 0.6 is 12.4 Å². The van der Waals surface area contributed by atoms with Gasteiger partial charge in [-0.2, -0.15) is 4.98 Å². The molecule has 0 bridgehead atoms. The van der Waals surface area contributed by atoms with Gasteiger partial charge in [-0.05, 0) is 25.9 Å². The second kappa shape index (κ2) is 8.02. The maximum absolute atomic E-state index is 12.8. The summed E-state index contributed by atoms with van der Waals surface area (Å²) < 4.78 is 10.7. The SMILES string of the molecule is Cc1nc(C2CCCN(C(=O)CN3CC4(CCNCC4)OC3=O)C2)no1.Cl. The van der Waals surface area contributed by atoms with Crippen molar-refractivity contribution in [3.8, 4) is 0 Å². The molecule has 0 aliphatic carbocycles. The lowest BCUT2D eigenvalue weighted by Gasteiger charge is -2.33. The van der Waals surface area contributed by atoms with Crippen LogP contribution in [0.15, 0.2) is 4.52 Å². The summed E-state index contributed by atoms with van der Waals surface area (Å²) in [7, 11) is 0. The lowest BCUT2D eigenvalue weighted by atomic mass is 9.92. The smallest absolute Gasteiger partial charge is 0.410 e.